The molecule has 0 bridgehead atoms. The number of halogens is 4. The number of aromatic nitrogens is 1. The number of rotatable bonds is 2. The molecule has 0 saturated carbocycles. The van der Waals surface area contributed by atoms with Gasteiger partial charge in [0.25, 0.3) is 5.56 Å². The van der Waals surface area contributed by atoms with Crippen molar-refractivity contribution in [1.82, 2.24) is 4.98 Å². The third-order valence-electron chi connectivity index (χ3n) is 4.72. The number of nitrogens with one attached hydrogen (secondary N) is 2. The van der Waals surface area contributed by atoms with Gasteiger partial charge in [-0.1, -0.05) is 13.8 Å². The molecule has 0 amide bonds. The Hall–Kier alpha value is -2.35. The summed E-state index contributed by atoms with van der Waals surface area (Å²) < 4.78 is 57.3. The average molecular weight is 355 g/mol. The maximum Gasteiger partial charge on any atom is 0.404 e. The highest BCUT2D eigenvalue weighted by Gasteiger charge is 2.64. The molecule has 1 aliphatic rings. The van der Waals surface area contributed by atoms with Crippen molar-refractivity contribution in [3.8, 4) is 0 Å². The van der Waals surface area contributed by atoms with Gasteiger partial charge in [-0.05, 0) is 35.7 Å². The van der Waals surface area contributed by atoms with Gasteiger partial charge in [0.15, 0.2) is 0 Å². The Kier molecular flexibility index (Phi) is 3.90. The molecule has 25 heavy (non-hydrogen) atoms. The zero-order chi connectivity index (χ0) is 18.6. The molecule has 2 aromatic rings. The second-order valence-electron chi connectivity index (χ2n) is 6.49. The molecule has 0 saturated heterocycles. The highest BCUT2D eigenvalue weighted by atomic mass is 19.4. The highest BCUT2D eigenvalue weighted by Crippen LogP contribution is 2.55. The predicted molar refractivity (Wildman–Crippen MR) is 86.4 cm³/mol. The molecule has 0 aliphatic carbocycles. The van der Waals surface area contributed by atoms with Gasteiger partial charge in [-0.25, -0.2) is 4.39 Å². The van der Waals surface area contributed by atoms with Crippen LogP contribution in [0.4, 0.5) is 28.9 Å². The number of alkyl halides is 3. The smallest absolute Gasteiger partial charge is 0.351 e. The normalized spacial score (nSPS) is 20.6. The van der Waals surface area contributed by atoms with Gasteiger partial charge in [-0.2, -0.15) is 13.2 Å². The van der Waals surface area contributed by atoms with Crippen molar-refractivity contribution in [2.75, 3.05) is 5.32 Å². The van der Waals surface area contributed by atoms with E-state index in [1.807, 2.05) is 0 Å². The predicted octanol–water partition coefficient (Wildman–Crippen LogP) is 3.40. The van der Waals surface area contributed by atoms with Gasteiger partial charge in [0.2, 0.25) is 0 Å². The summed E-state index contributed by atoms with van der Waals surface area (Å²) in [6.45, 7) is 3.12. The Morgan fingerprint density at radius 1 is 1.16 bits per heavy atom. The summed E-state index contributed by atoms with van der Waals surface area (Å²) in [6.07, 6.45) is -3.70. The molecule has 8 heteroatoms. The fraction of sp³-hybridized carbons (Fsp3) is 0.353. The quantitative estimate of drug-likeness (QED) is 0.723. The van der Waals surface area contributed by atoms with Gasteiger partial charge >= 0.3 is 6.18 Å². The third kappa shape index (κ3) is 2.35. The number of nitrogens with two attached hydrogens (primary N) is 1. The lowest BCUT2D eigenvalue weighted by Gasteiger charge is -2.46. The molecule has 2 unspecified atom stereocenters. The first-order valence-electron chi connectivity index (χ1n) is 7.72. The van der Waals surface area contributed by atoms with Crippen LogP contribution in [0, 0.1) is 11.7 Å². The van der Waals surface area contributed by atoms with Crippen molar-refractivity contribution in [3.63, 3.8) is 0 Å². The molecule has 1 aromatic heterocycles. The molecule has 1 aromatic carbocycles. The van der Waals surface area contributed by atoms with Crippen LogP contribution in [-0.2, 0) is 5.41 Å². The minimum Gasteiger partial charge on any atom is -0.351 e. The molecule has 2 atom stereocenters. The van der Waals surface area contributed by atoms with Crippen LogP contribution >= 0.6 is 0 Å². The van der Waals surface area contributed by atoms with Gasteiger partial charge < -0.3 is 16.0 Å². The van der Waals surface area contributed by atoms with E-state index >= 15 is 0 Å². The highest BCUT2D eigenvalue weighted by molar-refractivity contribution is 5.76. The van der Waals surface area contributed by atoms with E-state index in [9.17, 15) is 22.4 Å². The minimum atomic E-state index is -4.84. The van der Waals surface area contributed by atoms with E-state index in [-0.39, 0.29) is 22.5 Å². The summed E-state index contributed by atoms with van der Waals surface area (Å²) in [5, 5.41) is 2.69. The van der Waals surface area contributed by atoms with Crippen LogP contribution in [0.25, 0.3) is 0 Å². The summed E-state index contributed by atoms with van der Waals surface area (Å²) in [5.41, 5.74) is 1.82. The Labute approximate surface area is 141 Å². The molecule has 1 aliphatic heterocycles. The fourth-order valence-electron chi connectivity index (χ4n) is 3.52. The second-order valence-corrected chi connectivity index (χ2v) is 6.49. The summed E-state index contributed by atoms with van der Waals surface area (Å²) in [4.78, 5) is 14.5. The number of anilines is 2. The fourth-order valence-corrected chi connectivity index (χ4v) is 3.52. The maximum absolute atomic E-state index is 14.5. The first kappa shape index (κ1) is 17.5. The van der Waals surface area contributed by atoms with Crippen LogP contribution < -0.4 is 16.6 Å². The van der Waals surface area contributed by atoms with E-state index in [0.717, 1.165) is 18.3 Å². The first-order chi connectivity index (χ1) is 11.6. The van der Waals surface area contributed by atoms with Gasteiger partial charge in [-0.15, -0.1) is 0 Å². The SMILES string of the molecule is CC(C)C(N)C1(C(F)(F)F)c2cc(F)ccc2Nc2c1cc[nH]c2=O. The minimum absolute atomic E-state index is 0.0130. The Morgan fingerprint density at radius 3 is 2.44 bits per heavy atom. The number of benzene rings is 1. The molecular weight excluding hydrogens is 338 g/mol. The molecule has 3 rings (SSSR count). The summed E-state index contributed by atoms with van der Waals surface area (Å²) >= 11 is 0. The lowest BCUT2D eigenvalue weighted by atomic mass is 9.63. The van der Waals surface area contributed by atoms with Crippen LogP contribution in [0.5, 0.6) is 0 Å². The van der Waals surface area contributed by atoms with Crippen molar-refractivity contribution in [2.24, 2.45) is 11.7 Å². The lowest BCUT2D eigenvalue weighted by molar-refractivity contribution is -0.187. The van der Waals surface area contributed by atoms with Crippen LogP contribution in [0.15, 0.2) is 35.3 Å². The Morgan fingerprint density at radius 2 is 1.84 bits per heavy atom. The molecule has 0 radical (unpaired) electrons. The van der Waals surface area contributed by atoms with Crippen LogP contribution in [-0.4, -0.2) is 17.2 Å². The molecule has 4 nitrogen and oxygen atoms in total. The van der Waals surface area contributed by atoms with Crippen molar-refractivity contribution in [1.29, 1.82) is 0 Å². The molecule has 0 fully saturated rings. The summed E-state index contributed by atoms with van der Waals surface area (Å²) in [6, 6.07) is 2.81. The number of aromatic amines is 1. The Bertz CT molecular complexity index is 875. The Balaban J connectivity index is 2.51. The number of hydrogen-bond acceptors (Lipinski definition) is 3. The zero-order valence-corrected chi connectivity index (χ0v) is 13.5. The number of hydrogen-bond donors (Lipinski definition) is 3. The molecule has 4 N–H and O–H groups in total. The van der Waals surface area contributed by atoms with E-state index in [4.69, 9.17) is 5.73 Å². The molecule has 2 heterocycles. The number of H-pyrrole nitrogens is 1. The number of pyridine rings is 1. The molecule has 0 spiro atoms. The van der Waals surface area contributed by atoms with Gasteiger partial charge in [0, 0.05) is 23.5 Å². The first-order valence-corrected chi connectivity index (χ1v) is 7.72. The van der Waals surface area contributed by atoms with E-state index < -0.39 is 34.9 Å². The van der Waals surface area contributed by atoms with Crippen LogP contribution in [0.2, 0.25) is 0 Å². The third-order valence-corrected chi connectivity index (χ3v) is 4.72. The van der Waals surface area contributed by atoms with Gasteiger partial charge in [0.05, 0.1) is 0 Å². The maximum atomic E-state index is 14.5. The van der Waals surface area contributed by atoms with E-state index in [1.165, 1.54) is 12.1 Å². The van der Waals surface area contributed by atoms with Gasteiger partial charge in [0.1, 0.15) is 16.9 Å². The summed E-state index contributed by atoms with van der Waals surface area (Å²) in [7, 11) is 0. The van der Waals surface area contributed by atoms with Crippen LogP contribution in [0.1, 0.15) is 25.0 Å². The topological polar surface area (TPSA) is 70.9 Å². The van der Waals surface area contributed by atoms with Gasteiger partial charge in [-0.3, -0.25) is 4.79 Å². The lowest BCUT2D eigenvalue weighted by Crippen LogP contribution is -2.60. The van der Waals surface area contributed by atoms with E-state index in [2.05, 4.69) is 10.3 Å². The zero-order valence-electron chi connectivity index (χ0n) is 13.5. The monoisotopic (exact) mass is 355 g/mol. The number of fused-ring (bicyclic) bond motifs is 2. The standard InChI is InChI=1S/C17H17F4N3O/c1-8(2)14(22)16(17(19,20)21)10-5-6-23-15(25)13(10)24-12-4-3-9(18)7-11(12)16/h3-8,14,24H,22H2,1-2H3,(H,23,25). The second kappa shape index (κ2) is 5.59. The summed E-state index contributed by atoms with van der Waals surface area (Å²) in [5.74, 6) is -1.39. The van der Waals surface area contributed by atoms with Crippen molar-refractivity contribution < 1.29 is 17.6 Å². The molecule has 134 valence electrons. The van der Waals surface area contributed by atoms with Crippen LogP contribution in [0.3, 0.4) is 0 Å². The average Bonchev–Trinajstić information content (AvgIpc) is 2.51. The van der Waals surface area contributed by atoms with E-state index in [0.29, 0.717) is 0 Å². The van der Waals surface area contributed by atoms with Crippen molar-refractivity contribution in [3.05, 3.63) is 57.8 Å². The van der Waals surface area contributed by atoms with Crippen molar-refractivity contribution in [2.45, 2.75) is 31.5 Å². The molecular formula is C17H17F4N3O. The van der Waals surface area contributed by atoms with E-state index in [1.54, 1.807) is 13.8 Å². The van der Waals surface area contributed by atoms with Crippen molar-refractivity contribution >= 4 is 11.4 Å². The largest absolute Gasteiger partial charge is 0.404 e.